The van der Waals surface area contributed by atoms with E-state index in [1.54, 1.807) is 25.1 Å². The van der Waals surface area contributed by atoms with Crippen molar-refractivity contribution < 1.29 is 22.7 Å². The molecule has 1 heterocycles. The van der Waals surface area contributed by atoms with Gasteiger partial charge < -0.3 is 10.1 Å². The number of halogens is 1. The van der Waals surface area contributed by atoms with Crippen molar-refractivity contribution in [3.05, 3.63) is 40.6 Å². The molecule has 1 aromatic carbocycles. The smallest absolute Gasteiger partial charge is 0.344 e. The first-order valence-electron chi connectivity index (χ1n) is 7.09. The lowest BCUT2D eigenvalue weighted by molar-refractivity contribution is -0.135. The van der Waals surface area contributed by atoms with E-state index in [1.807, 2.05) is 0 Å². The van der Waals surface area contributed by atoms with Gasteiger partial charge in [-0.15, -0.1) is 4.40 Å². The number of nitrogens with zero attached hydrogens (tertiary/aromatic N) is 2. The molecule has 25 heavy (non-hydrogen) atoms. The summed E-state index contributed by atoms with van der Waals surface area (Å²) >= 11 is 5.89. The second kappa shape index (κ2) is 7.24. The second-order valence-electron chi connectivity index (χ2n) is 5.24. The molecule has 0 bridgehead atoms. The van der Waals surface area contributed by atoms with Gasteiger partial charge in [0.2, 0.25) is 5.91 Å². The van der Waals surface area contributed by atoms with Gasteiger partial charge in [-0.2, -0.15) is 8.42 Å². The van der Waals surface area contributed by atoms with E-state index in [0.717, 1.165) is 11.8 Å². The van der Waals surface area contributed by atoms with Crippen LogP contribution in [0.2, 0.25) is 5.02 Å². The van der Waals surface area contributed by atoms with Crippen LogP contribution in [0.15, 0.2) is 34.4 Å². The fraction of sp³-hybridized carbons (Fsp3) is 0.267. The molecule has 1 aromatic rings. The maximum atomic E-state index is 12.2. The van der Waals surface area contributed by atoms with Gasteiger partial charge >= 0.3 is 16.2 Å². The molecule has 1 N–H and O–H groups in total. The van der Waals surface area contributed by atoms with Crippen LogP contribution in [0.3, 0.4) is 0 Å². The number of carbonyl (C=O) groups is 2. The van der Waals surface area contributed by atoms with Crippen molar-refractivity contribution in [1.82, 2.24) is 4.31 Å². The maximum absolute atomic E-state index is 12.2. The van der Waals surface area contributed by atoms with Crippen molar-refractivity contribution in [2.45, 2.75) is 13.8 Å². The van der Waals surface area contributed by atoms with Crippen LogP contribution < -0.4 is 5.32 Å². The summed E-state index contributed by atoms with van der Waals surface area (Å²) in [6.07, 6.45) is 1.04. The van der Waals surface area contributed by atoms with Crippen LogP contribution in [-0.4, -0.2) is 44.0 Å². The predicted molar refractivity (Wildman–Crippen MR) is 93.7 cm³/mol. The van der Waals surface area contributed by atoms with Crippen molar-refractivity contribution in [3.63, 3.8) is 0 Å². The van der Waals surface area contributed by atoms with Crippen LogP contribution in [0.25, 0.3) is 0 Å². The second-order valence-corrected chi connectivity index (χ2v) is 7.23. The number of amides is 1. The summed E-state index contributed by atoms with van der Waals surface area (Å²) in [6.45, 7) is 2.59. The summed E-state index contributed by atoms with van der Waals surface area (Å²) in [5.41, 5.74) is 1.18. The molecule has 0 unspecified atom stereocenters. The number of ether oxygens (including phenoxy) is 1. The minimum absolute atomic E-state index is 0.00538. The van der Waals surface area contributed by atoms with Crippen LogP contribution in [0.1, 0.15) is 12.5 Å². The highest BCUT2D eigenvalue weighted by molar-refractivity contribution is 7.88. The quantitative estimate of drug-likeness (QED) is 0.793. The van der Waals surface area contributed by atoms with Crippen LogP contribution in [0, 0.1) is 6.92 Å². The van der Waals surface area contributed by atoms with Gasteiger partial charge in [0.1, 0.15) is 6.54 Å². The number of carbonyl (C=O) groups excluding carboxylic acids is 2. The number of hydrogen-bond acceptors (Lipinski definition) is 5. The molecular weight excluding hydrogens is 370 g/mol. The Morgan fingerprint density at radius 1 is 1.32 bits per heavy atom. The van der Waals surface area contributed by atoms with Crippen molar-refractivity contribution in [2.75, 3.05) is 19.0 Å². The zero-order chi connectivity index (χ0) is 18.8. The molecule has 0 fully saturated rings. The summed E-state index contributed by atoms with van der Waals surface area (Å²) in [5.74, 6) is -1.35. The summed E-state index contributed by atoms with van der Waals surface area (Å²) < 4.78 is 32.9. The van der Waals surface area contributed by atoms with Gasteiger partial charge in [0.25, 0.3) is 0 Å². The third-order valence-corrected chi connectivity index (χ3v) is 4.96. The van der Waals surface area contributed by atoms with E-state index in [0.29, 0.717) is 15.0 Å². The van der Waals surface area contributed by atoms with Crippen LogP contribution >= 0.6 is 11.6 Å². The number of rotatable bonds is 4. The summed E-state index contributed by atoms with van der Waals surface area (Å²) in [4.78, 5) is 23.9. The first-order valence-corrected chi connectivity index (χ1v) is 8.86. The molecule has 0 spiro atoms. The van der Waals surface area contributed by atoms with E-state index < -0.39 is 28.6 Å². The molecule has 0 saturated heterocycles. The molecule has 8 nitrogen and oxygen atoms in total. The predicted octanol–water partition coefficient (Wildman–Crippen LogP) is 1.67. The minimum atomic E-state index is -4.10. The van der Waals surface area contributed by atoms with Crippen molar-refractivity contribution in [1.29, 1.82) is 0 Å². The van der Waals surface area contributed by atoms with E-state index in [1.165, 1.54) is 14.0 Å². The first kappa shape index (κ1) is 18.9. The fourth-order valence-corrected chi connectivity index (χ4v) is 3.32. The Balaban J connectivity index is 2.22. The maximum Gasteiger partial charge on any atom is 0.344 e. The van der Waals surface area contributed by atoms with Gasteiger partial charge in [0.15, 0.2) is 0 Å². The lowest BCUT2D eigenvalue weighted by Crippen LogP contribution is -2.37. The van der Waals surface area contributed by atoms with Gasteiger partial charge in [0.05, 0.1) is 18.4 Å². The Morgan fingerprint density at radius 3 is 2.64 bits per heavy atom. The molecule has 0 radical (unpaired) electrons. The first-order chi connectivity index (χ1) is 11.6. The zero-order valence-electron chi connectivity index (χ0n) is 13.7. The molecule has 1 amide bonds. The molecule has 0 atom stereocenters. The largest absolute Gasteiger partial charge is 0.465 e. The fourth-order valence-electron chi connectivity index (χ4n) is 2.08. The highest BCUT2D eigenvalue weighted by Crippen LogP contribution is 2.21. The van der Waals surface area contributed by atoms with Gasteiger partial charge in [-0.3, -0.25) is 4.79 Å². The topological polar surface area (TPSA) is 105 Å². The molecule has 0 aromatic heterocycles. The molecular formula is C15H16ClN3O5S. The van der Waals surface area contributed by atoms with E-state index in [-0.39, 0.29) is 11.3 Å². The van der Waals surface area contributed by atoms with Gasteiger partial charge in [0, 0.05) is 16.9 Å². The van der Waals surface area contributed by atoms with Crippen LogP contribution in [-0.2, 0) is 24.5 Å². The third kappa shape index (κ3) is 4.37. The van der Waals surface area contributed by atoms with E-state index in [9.17, 15) is 18.0 Å². The standard InChI is InChI=1S/C15H16ClN3O5S/c1-9-4-5-11(16)6-13(9)17-14(20)8-19-7-12(15(21)24-3)10(2)18-25(19,22)23/h4-7H,8H2,1-3H3,(H,17,20). The van der Waals surface area contributed by atoms with Crippen molar-refractivity contribution in [3.8, 4) is 0 Å². The normalized spacial score (nSPS) is 15.9. The Morgan fingerprint density at radius 2 is 2.00 bits per heavy atom. The molecule has 10 heteroatoms. The van der Waals surface area contributed by atoms with E-state index in [4.69, 9.17) is 11.6 Å². The number of benzene rings is 1. The molecule has 2 rings (SSSR count). The van der Waals surface area contributed by atoms with Gasteiger partial charge in [-0.25, -0.2) is 9.10 Å². The van der Waals surface area contributed by atoms with Crippen LogP contribution in [0.5, 0.6) is 0 Å². The Bertz CT molecular complexity index is 892. The minimum Gasteiger partial charge on any atom is -0.465 e. The van der Waals surface area contributed by atoms with E-state index in [2.05, 4.69) is 14.5 Å². The zero-order valence-corrected chi connectivity index (χ0v) is 15.3. The van der Waals surface area contributed by atoms with Crippen molar-refractivity contribution >= 4 is 45.1 Å². The lowest BCUT2D eigenvalue weighted by atomic mass is 10.2. The number of esters is 1. The number of aryl methyl sites for hydroxylation is 1. The van der Waals surface area contributed by atoms with Crippen LogP contribution in [0.4, 0.5) is 5.69 Å². The highest BCUT2D eigenvalue weighted by Gasteiger charge is 2.30. The lowest BCUT2D eigenvalue weighted by Gasteiger charge is -2.22. The highest BCUT2D eigenvalue weighted by atomic mass is 35.5. The molecule has 0 saturated carbocycles. The molecule has 1 aliphatic rings. The molecule has 0 aliphatic carbocycles. The monoisotopic (exact) mass is 385 g/mol. The average Bonchev–Trinajstić information content (AvgIpc) is 2.52. The van der Waals surface area contributed by atoms with Gasteiger partial charge in [-0.05, 0) is 31.5 Å². The summed E-state index contributed by atoms with van der Waals surface area (Å²) in [5, 5.41) is 3.01. The Labute approximate surface area is 150 Å². The number of nitrogens with one attached hydrogen (secondary N) is 1. The third-order valence-electron chi connectivity index (χ3n) is 3.39. The average molecular weight is 386 g/mol. The van der Waals surface area contributed by atoms with Gasteiger partial charge in [-0.1, -0.05) is 17.7 Å². The number of anilines is 1. The number of methoxy groups -OCH3 is 1. The number of hydrogen-bond donors (Lipinski definition) is 1. The Kier molecular flexibility index (Phi) is 5.48. The summed E-state index contributed by atoms with van der Waals surface area (Å²) in [7, 11) is -2.94. The van der Waals surface area contributed by atoms with Crippen molar-refractivity contribution in [2.24, 2.45) is 4.40 Å². The molecule has 134 valence electrons. The SMILES string of the molecule is COC(=O)C1=CN(CC(=O)Nc2cc(Cl)ccc2C)S(=O)(=O)N=C1C. The Hall–Kier alpha value is -2.39. The molecule has 1 aliphatic heterocycles. The van der Waals surface area contributed by atoms with E-state index >= 15 is 0 Å². The summed E-state index contributed by atoms with van der Waals surface area (Å²) in [6, 6.07) is 4.94.